The molecule has 1 fully saturated rings. The van der Waals surface area contributed by atoms with Gasteiger partial charge in [0.1, 0.15) is 34.7 Å². The van der Waals surface area contributed by atoms with Gasteiger partial charge in [0.2, 0.25) is 5.78 Å². The van der Waals surface area contributed by atoms with Gasteiger partial charge in [0.05, 0.1) is 29.8 Å². The molecule has 1 aliphatic heterocycles. The molecule has 12 heteroatoms. The summed E-state index contributed by atoms with van der Waals surface area (Å²) < 4.78 is 10.3. The molecule has 5 N–H and O–H groups in total. The van der Waals surface area contributed by atoms with Crippen LogP contribution in [-0.2, 0) is 9.47 Å². The van der Waals surface area contributed by atoms with Gasteiger partial charge >= 0.3 is 11.9 Å². The van der Waals surface area contributed by atoms with E-state index >= 15 is 0 Å². The number of esters is 2. The molecule has 4 rings (SSSR count). The predicted octanol–water partition coefficient (Wildman–Crippen LogP) is 2.57. The number of nitrogens with zero attached hydrogens (tertiary/aromatic N) is 1. The van der Waals surface area contributed by atoms with Crippen LogP contribution in [0.25, 0.3) is 0 Å². The fourth-order valence-electron chi connectivity index (χ4n) is 4.70. The number of amides is 1. The van der Waals surface area contributed by atoms with Gasteiger partial charge in [-0.1, -0.05) is 6.07 Å². The number of ether oxygens (including phenoxy) is 2. The van der Waals surface area contributed by atoms with Crippen LogP contribution in [0, 0.1) is 0 Å². The Morgan fingerprint density at radius 2 is 1.48 bits per heavy atom. The minimum Gasteiger partial charge on any atom is -0.508 e. The second-order valence-corrected chi connectivity index (χ2v) is 10.0. The van der Waals surface area contributed by atoms with E-state index in [1.54, 1.807) is 0 Å². The molecule has 0 bridgehead atoms. The second kappa shape index (κ2) is 12.2. The van der Waals surface area contributed by atoms with E-state index in [1.165, 1.54) is 36.4 Å². The lowest BCUT2D eigenvalue weighted by Gasteiger charge is -2.21. The monoisotopic (exact) mass is 578 g/mol. The maximum Gasteiger partial charge on any atom is 0.338 e. The highest BCUT2D eigenvalue weighted by molar-refractivity contribution is 6.18. The molecule has 0 aromatic heterocycles. The zero-order chi connectivity index (χ0) is 30.7. The van der Waals surface area contributed by atoms with Crippen molar-refractivity contribution in [2.45, 2.75) is 32.0 Å². The number of likely N-dealkylation sites (tertiary alicyclic amines) is 1. The van der Waals surface area contributed by atoms with Gasteiger partial charge in [-0.2, -0.15) is 0 Å². The summed E-state index contributed by atoms with van der Waals surface area (Å²) >= 11 is 0. The Bertz CT molecular complexity index is 1510. The van der Waals surface area contributed by atoms with E-state index in [2.05, 4.69) is 10.1 Å². The Balaban J connectivity index is 1.57. The first-order chi connectivity index (χ1) is 19.9. The molecule has 220 valence electrons. The molecule has 1 heterocycles. The van der Waals surface area contributed by atoms with E-state index in [4.69, 9.17) is 4.74 Å². The van der Waals surface area contributed by atoms with Crippen LogP contribution < -0.4 is 5.32 Å². The lowest BCUT2D eigenvalue weighted by molar-refractivity contribution is 0.0260. The zero-order valence-corrected chi connectivity index (χ0v) is 23.0. The van der Waals surface area contributed by atoms with Crippen LogP contribution in [0.2, 0.25) is 0 Å². The number of carbonyl (C=O) groups excluding carboxylic acids is 4. The molecule has 0 radical (unpaired) electrons. The van der Waals surface area contributed by atoms with Gasteiger partial charge in [0.25, 0.3) is 5.91 Å². The standard InChI is InChI=1S/C30H30N2O10/c1-15(2)32-13-20(31-28(38)16-7-9-18(33)10-8-16)24(14-32)42-29(39)17-11-22(35)26(23(36)12-17)27(37)25-19(30(40)41-3)5-4-6-21(25)34/h4-12,15,20,24,33-36H,13-14H2,1-3H3,(H,31,38)/t20-,24-/m1/s1. The Morgan fingerprint density at radius 1 is 0.833 bits per heavy atom. The van der Waals surface area contributed by atoms with Crippen molar-refractivity contribution in [3.63, 3.8) is 0 Å². The first-order valence-corrected chi connectivity index (χ1v) is 13.0. The normalized spacial score (nSPS) is 16.7. The number of phenols is 4. The number of methoxy groups -OCH3 is 1. The van der Waals surface area contributed by atoms with Gasteiger partial charge in [-0.05, 0) is 62.4 Å². The van der Waals surface area contributed by atoms with E-state index < -0.39 is 64.2 Å². The number of benzene rings is 3. The molecule has 1 aliphatic rings. The molecule has 3 aromatic carbocycles. The molecule has 1 amide bonds. The molecule has 0 saturated carbocycles. The highest BCUT2D eigenvalue weighted by Gasteiger charge is 2.38. The van der Waals surface area contributed by atoms with E-state index in [-0.39, 0.29) is 22.9 Å². The molecule has 0 aliphatic carbocycles. The van der Waals surface area contributed by atoms with E-state index in [9.17, 15) is 39.6 Å². The van der Waals surface area contributed by atoms with Crippen LogP contribution in [0.15, 0.2) is 54.6 Å². The van der Waals surface area contributed by atoms with Crippen LogP contribution in [-0.4, -0.2) is 87.3 Å². The van der Waals surface area contributed by atoms with Crippen molar-refractivity contribution in [2.75, 3.05) is 20.2 Å². The highest BCUT2D eigenvalue weighted by atomic mass is 16.5. The number of aromatic hydroxyl groups is 4. The van der Waals surface area contributed by atoms with Crippen molar-refractivity contribution in [3.8, 4) is 23.0 Å². The van der Waals surface area contributed by atoms with Crippen LogP contribution in [0.5, 0.6) is 23.0 Å². The minimum absolute atomic E-state index is 0.00825. The summed E-state index contributed by atoms with van der Waals surface area (Å²) in [4.78, 5) is 53.3. The maximum absolute atomic E-state index is 13.2. The SMILES string of the molecule is COC(=O)c1cccc(O)c1C(=O)c1c(O)cc(C(=O)O[C@@H]2CN(C(C)C)C[C@H]2NC(=O)c2ccc(O)cc2)cc1O. The molecule has 0 unspecified atom stereocenters. The molecule has 42 heavy (non-hydrogen) atoms. The summed E-state index contributed by atoms with van der Waals surface area (Å²) in [6.45, 7) is 4.57. The van der Waals surface area contributed by atoms with Crippen molar-refractivity contribution in [2.24, 2.45) is 0 Å². The predicted molar refractivity (Wildman–Crippen MR) is 148 cm³/mol. The van der Waals surface area contributed by atoms with Gasteiger partial charge < -0.3 is 35.2 Å². The quantitative estimate of drug-likeness (QED) is 0.196. The number of nitrogens with one attached hydrogen (secondary N) is 1. The van der Waals surface area contributed by atoms with Crippen molar-refractivity contribution in [1.29, 1.82) is 0 Å². The van der Waals surface area contributed by atoms with E-state index in [1.807, 2.05) is 18.7 Å². The number of carbonyl (C=O) groups is 4. The van der Waals surface area contributed by atoms with Crippen LogP contribution in [0.4, 0.5) is 0 Å². The minimum atomic E-state index is -1.08. The summed E-state index contributed by atoms with van der Waals surface area (Å²) in [6, 6.07) is 10.7. The van der Waals surface area contributed by atoms with Gasteiger partial charge in [-0.3, -0.25) is 14.5 Å². The number of hydrogen-bond donors (Lipinski definition) is 5. The summed E-state index contributed by atoms with van der Waals surface area (Å²) in [5, 5.41) is 43.9. The summed E-state index contributed by atoms with van der Waals surface area (Å²) in [6.07, 6.45) is -0.796. The third kappa shape index (κ3) is 6.13. The lowest BCUT2D eigenvalue weighted by atomic mass is 9.95. The topological polar surface area (TPSA) is 183 Å². The van der Waals surface area contributed by atoms with Gasteiger partial charge in [-0.15, -0.1) is 0 Å². The molecule has 12 nitrogen and oxygen atoms in total. The van der Waals surface area contributed by atoms with E-state index in [0.717, 1.165) is 25.3 Å². The Morgan fingerprint density at radius 3 is 2.07 bits per heavy atom. The fourth-order valence-corrected chi connectivity index (χ4v) is 4.70. The third-order valence-corrected chi connectivity index (χ3v) is 6.96. The average molecular weight is 579 g/mol. The zero-order valence-electron chi connectivity index (χ0n) is 23.0. The first kappa shape index (κ1) is 29.9. The van der Waals surface area contributed by atoms with Crippen LogP contribution in [0.1, 0.15) is 60.8 Å². The third-order valence-electron chi connectivity index (χ3n) is 6.96. The summed E-state index contributed by atoms with van der Waals surface area (Å²) in [5.74, 6) is -5.53. The first-order valence-electron chi connectivity index (χ1n) is 13.0. The highest BCUT2D eigenvalue weighted by Crippen LogP contribution is 2.35. The second-order valence-electron chi connectivity index (χ2n) is 10.0. The molecule has 1 saturated heterocycles. The van der Waals surface area contributed by atoms with Gasteiger partial charge in [0, 0.05) is 24.7 Å². The number of rotatable bonds is 8. The maximum atomic E-state index is 13.2. The van der Waals surface area contributed by atoms with Gasteiger partial charge in [-0.25, -0.2) is 9.59 Å². The summed E-state index contributed by atoms with van der Waals surface area (Å²) in [5.41, 5.74) is -1.42. The Hall–Kier alpha value is -5.10. The van der Waals surface area contributed by atoms with Crippen molar-refractivity contribution >= 4 is 23.6 Å². The molecular weight excluding hydrogens is 548 g/mol. The van der Waals surface area contributed by atoms with Crippen LogP contribution >= 0.6 is 0 Å². The number of phenolic OH excluding ortho intramolecular Hbond substituents is 4. The fraction of sp³-hybridized carbons (Fsp3) is 0.267. The van der Waals surface area contributed by atoms with Gasteiger partial charge in [0.15, 0.2) is 0 Å². The molecule has 2 atom stereocenters. The van der Waals surface area contributed by atoms with Crippen molar-refractivity contribution in [1.82, 2.24) is 10.2 Å². The number of ketones is 1. The Kier molecular flexibility index (Phi) is 8.67. The van der Waals surface area contributed by atoms with Crippen LogP contribution in [0.3, 0.4) is 0 Å². The Labute approximate surface area is 240 Å². The molecule has 3 aromatic rings. The molecule has 0 spiro atoms. The van der Waals surface area contributed by atoms with Crippen molar-refractivity contribution < 1.29 is 49.1 Å². The average Bonchev–Trinajstić information content (AvgIpc) is 3.34. The number of hydrogen-bond acceptors (Lipinski definition) is 11. The molecular formula is C30H30N2O10. The summed E-state index contributed by atoms with van der Waals surface area (Å²) in [7, 11) is 1.09. The van der Waals surface area contributed by atoms with E-state index in [0.29, 0.717) is 18.7 Å². The van der Waals surface area contributed by atoms with Crippen molar-refractivity contribution in [3.05, 3.63) is 82.4 Å². The largest absolute Gasteiger partial charge is 0.508 e. The lowest BCUT2D eigenvalue weighted by Crippen LogP contribution is -2.44. The smallest absolute Gasteiger partial charge is 0.338 e.